The summed E-state index contributed by atoms with van der Waals surface area (Å²) in [6.07, 6.45) is 0. The van der Waals surface area contributed by atoms with Crippen LogP contribution in [-0.2, 0) is 0 Å². The van der Waals surface area contributed by atoms with Crippen LogP contribution in [0.25, 0.3) is 0 Å². The molecule has 1 aromatic heterocycles. The second-order valence-corrected chi connectivity index (χ2v) is 3.42. The molecule has 1 atom stereocenters. The van der Waals surface area contributed by atoms with E-state index in [1.165, 1.54) is 12.1 Å². The Morgan fingerprint density at radius 3 is 2.80 bits per heavy atom. The molecule has 5 heteroatoms. The molecule has 0 bridgehead atoms. The number of carboxylic acids is 1. The van der Waals surface area contributed by atoms with Gasteiger partial charge in [-0.05, 0) is 26.0 Å². The molecular weight excluding hydrogens is 196 g/mol. The minimum atomic E-state index is -0.986. The van der Waals surface area contributed by atoms with Crippen LogP contribution in [-0.4, -0.2) is 33.8 Å². The molecule has 1 aromatic rings. The van der Waals surface area contributed by atoms with Crippen molar-refractivity contribution < 1.29 is 15.0 Å². The van der Waals surface area contributed by atoms with Crippen LogP contribution in [0.3, 0.4) is 0 Å². The van der Waals surface area contributed by atoms with Crippen LogP contribution in [0.1, 0.15) is 23.0 Å². The molecular formula is C10H14N2O3. The summed E-state index contributed by atoms with van der Waals surface area (Å²) in [4.78, 5) is 14.9. The van der Waals surface area contributed by atoms with E-state index in [0.717, 1.165) is 0 Å². The number of aryl methyl sites for hydroxylation is 1. The van der Waals surface area contributed by atoms with Crippen LogP contribution >= 0.6 is 0 Å². The number of rotatable bonds is 4. The highest BCUT2D eigenvalue weighted by atomic mass is 16.4. The van der Waals surface area contributed by atoms with Gasteiger partial charge in [-0.3, -0.25) is 0 Å². The van der Waals surface area contributed by atoms with Crippen molar-refractivity contribution in [2.24, 2.45) is 0 Å². The Bertz CT molecular complexity index is 366. The van der Waals surface area contributed by atoms with Gasteiger partial charge in [0.25, 0.3) is 0 Å². The highest BCUT2D eigenvalue weighted by molar-refractivity contribution is 5.88. The molecule has 5 nitrogen and oxygen atoms in total. The topological polar surface area (TPSA) is 82.5 Å². The van der Waals surface area contributed by atoms with Gasteiger partial charge in [0.15, 0.2) is 0 Å². The average molecular weight is 210 g/mol. The minimum Gasteiger partial charge on any atom is -0.478 e. The van der Waals surface area contributed by atoms with Crippen LogP contribution in [0.4, 0.5) is 5.82 Å². The number of carboxylic acid groups (broad SMARTS) is 1. The number of hydrogen-bond donors (Lipinski definition) is 3. The molecule has 0 spiro atoms. The van der Waals surface area contributed by atoms with E-state index in [9.17, 15) is 4.79 Å². The molecule has 0 radical (unpaired) electrons. The van der Waals surface area contributed by atoms with Crippen molar-refractivity contribution in [3.63, 3.8) is 0 Å². The Kier molecular flexibility index (Phi) is 3.62. The van der Waals surface area contributed by atoms with Crippen LogP contribution in [0.15, 0.2) is 12.1 Å². The first-order valence-electron chi connectivity index (χ1n) is 4.62. The molecule has 1 heterocycles. The van der Waals surface area contributed by atoms with Crippen LogP contribution in [0.5, 0.6) is 0 Å². The zero-order chi connectivity index (χ0) is 11.4. The van der Waals surface area contributed by atoms with Gasteiger partial charge in [-0.15, -0.1) is 0 Å². The van der Waals surface area contributed by atoms with Gasteiger partial charge in [-0.25, -0.2) is 9.78 Å². The van der Waals surface area contributed by atoms with Crippen LogP contribution in [0, 0.1) is 6.92 Å². The lowest BCUT2D eigenvalue weighted by molar-refractivity contribution is 0.0696. The monoisotopic (exact) mass is 210 g/mol. The molecule has 1 unspecified atom stereocenters. The van der Waals surface area contributed by atoms with Gasteiger partial charge in [0.1, 0.15) is 5.82 Å². The standard InChI is InChI=1S/C10H14N2O3/c1-6-3-8(10(14)15)4-9(11-6)12-7(2)5-13/h3-4,7,13H,5H2,1-2H3,(H,11,12)(H,14,15). The first kappa shape index (κ1) is 11.5. The molecule has 0 aliphatic rings. The molecule has 0 aromatic carbocycles. The summed E-state index contributed by atoms with van der Waals surface area (Å²) in [5.41, 5.74) is 0.817. The van der Waals surface area contributed by atoms with Gasteiger partial charge < -0.3 is 15.5 Å². The average Bonchev–Trinajstić information content (AvgIpc) is 2.16. The summed E-state index contributed by atoms with van der Waals surface area (Å²) < 4.78 is 0. The third-order valence-corrected chi connectivity index (χ3v) is 1.87. The lowest BCUT2D eigenvalue weighted by Crippen LogP contribution is -2.20. The number of nitrogens with zero attached hydrogens (tertiary/aromatic N) is 1. The van der Waals surface area contributed by atoms with Gasteiger partial charge in [0.2, 0.25) is 0 Å². The number of aliphatic hydroxyl groups is 1. The van der Waals surface area contributed by atoms with Crippen molar-refractivity contribution in [1.82, 2.24) is 4.98 Å². The molecule has 0 amide bonds. The van der Waals surface area contributed by atoms with Crippen molar-refractivity contribution >= 4 is 11.8 Å². The third-order valence-electron chi connectivity index (χ3n) is 1.87. The lowest BCUT2D eigenvalue weighted by Gasteiger charge is -2.12. The second-order valence-electron chi connectivity index (χ2n) is 3.42. The Morgan fingerprint density at radius 1 is 1.60 bits per heavy atom. The largest absolute Gasteiger partial charge is 0.478 e. The maximum absolute atomic E-state index is 10.8. The van der Waals surface area contributed by atoms with Crippen molar-refractivity contribution in [3.8, 4) is 0 Å². The molecule has 15 heavy (non-hydrogen) atoms. The first-order valence-corrected chi connectivity index (χ1v) is 4.62. The zero-order valence-corrected chi connectivity index (χ0v) is 8.69. The Hall–Kier alpha value is -1.62. The molecule has 0 saturated carbocycles. The fourth-order valence-corrected chi connectivity index (χ4v) is 1.16. The number of aliphatic hydroxyl groups excluding tert-OH is 1. The Labute approximate surface area is 87.8 Å². The normalized spacial score (nSPS) is 12.2. The summed E-state index contributed by atoms with van der Waals surface area (Å²) in [6, 6.07) is 2.79. The SMILES string of the molecule is Cc1cc(C(=O)O)cc(NC(C)CO)n1. The number of aromatic nitrogens is 1. The van der Waals surface area contributed by atoms with Gasteiger partial charge in [-0.1, -0.05) is 0 Å². The fourth-order valence-electron chi connectivity index (χ4n) is 1.16. The predicted octanol–water partition coefficient (Wildman–Crippen LogP) is 0.881. The highest BCUT2D eigenvalue weighted by Crippen LogP contribution is 2.11. The Balaban J connectivity index is 2.93. The highest BCUT2D eigenvalue weighted by Gasteiger charge is 2.08. The predicted molar refractivity (Wildman–Crippen MR) is 56.1 cm³/mol. The Morgan fingerprint density at radius 2 is 2.27 bits per heavy atom. The van der Waals surface area contributed by atoms with Crippen molar-refractivity contribution in [2.75, 3.05) is 11.9 Å². The number of aromatic carboxylic acids is 1. The van der Waals surface area contributed by atoms with Gasteiger partial charge in [0.05, 0.1) is 12.2 Å². The maximum atomic E-state index is 10.8. The quantitative estimate of drug-likeness (QED) is 0.687. The van der Waals surface area contributed by atoms with E-state index in [-0.39, 0.29) is 18.2 Å². The third kappa shape index (κ3) is 3.21. The van der Waals surface area contributed by atoms with E-state index in [2.05, 4.69) is 10.3 Å². The van der Waals surface area contributed by atoms with E-state index < -0.39 is 5.97 Å². The lowest BCUT2D eigenvalue weighted by atomic mass is 10.2. The zero-order valence-electron chi connectivity index (χ0n) is 8.69. The summed E-state index contributed by atoms with van der Waals surface area (Å²) in [6.45, 7) is 3.48. The van der Waals surface area contributed by atoms with Crippen molar-refractivity contribution in [1.29, 1.82) is 0 Å². The van der Waals surface area contributed by atoms with E-state index in [4.69, 9.17) is 10.2 Å². The molecule has 0 saturated heterocycles. The van der Waals surface area contributed by atoms with Crippen molar-refractivity contribution in [2.45, 2.75) is 19.9 Å². The maximum Gasteiger partial charge on any atom is 0.335 e. The number of hydrogen-bond acceptors (Lipinski definition) is 4. The summed E-state index contributed by atoms with van der Waals surface area (Å²) in [5.74, 6) is -0.519. The molecule has 0 fully saturated rings. The van der Waals surface area contributed by atoms with Crippen molar-refractivity contribution in [3.05, 3.63) is 23.4 Å². The molecule has 0 aliphatic heterocycles. The summed E-state index contributed by atoms with van der Waals surface area (Å²) in [7, 11) is 0. The van der Waals surface area contributed by atoms with Crippen LogP contribution < -0.4 is 5.32 Å². The number of nitrogens with one attached hydrogen (secondary N) is 1. The van der Waals surface area contributed by atoms with E-state index in [1.807, 2.05) is 0 Å². The summed E-state index contributed by atoms with van der Waals surface area (Å²) in [5, 5.41) is 20.6. The van der Waals surface area contributed by atoms with Gasteiger partial charge in [-0.2, -0.15) is 0 Å². The van der Waals surface area contributed by atoms with Gasteiger partial charge >= 0.3 is 5.97 Å². The number of pyridine rings is 1. The fraction of sp³-hybridized carbons (Fsp3) is 0.400. The minimum absolute atomic E-state index is 0.0297. The number of anilines is 1. The number of carbonyl (C=O) groups is 1. The summed E-state index contributed by atoms with van der Waals surface area (Å²) >= 11 is 0. The second kappa shape index (κ2) is 4.75. The van der Waals surface area contributed by atoms with E-state index in [0.29, 0.717) is 11.5 Å². The first-order chi connectivity index (χ1) is 7.02. The molecule has 1 rings (SSSR count). The molecule has 3 N–H and O–H groups in total. The van der Waals surface area contributed by atoms with E-state index >= 15 is 0 Å². The molecule has 82 valence electrons. The smallest absolute Gasteiger partial charge is 0.335 e. The van der Waals surface area contributed by atoms with Crippen LogP contribution in [0.2, 0.25) is 0 Å². The molecule has 0 aliphatic carbocycles. The van der Waals surface area contributed by atoms with E-state index in [1.54, 1.807) is 13.8 Å². The van der Waals surface area contributed by atoms with Gasteiger partial charge in [0, 0.05) is 11.7 Å².